The number of carbonyl (C=O) groups is 2. The molecule has 102 valence electrons. The Morgan fingerprint density at radius 1 is 0.700 bits per heavy atom. The predicted octanol–water partition coefficient (Wildman–Crippen LogP) is 3.98. The molecule has 0 aliphatic heterocycles. The largest absolute Gasteiger partial charge is 0.289 e. The molecule has 0 spiro atoms. The molecule has 1 aromatic carbocycles. The van der Waals surface area contributed by atoms with Crippen LogP contribution in [0.25, 0.3) is 0 Å². The molecule has 20 heavy (non-hydrogen) atoms. The van der Waals surface area contributed by atoms with Crippen LogP contribution in [0.3, 0.4) is 0 Å². The summed E-state index contributed by atoms with van der Waals surface area (Å²) >= 11 is 0. The molecule has 0 heterocycles. The van der Waals surface area contributed by atoms with Crippen LogP contribution < -0.4 is 0 Å². The average molecular weight is 266 g/mol. The van der Waals surface area contributed by atoms with Crippen molar-refractivity contribution in [3.05, 3.63) is 58.7 Å². The second kappa shape index (κ2) is 3.78. The first-order chi connectivity index (χ1) is 9.24. The van der Waals surface area contributed by atoms with Crippen LogP contribution in [0, 0.1) is 10.8 Å². The summed E-state index contributed by atoms with van der Waals surface area (Å²) in [5, 5.41) is 0. The quantitative estimate of drug-likeness (QED) is 0.711. The standard InChI is InChI=1S/C18H18O2/c1-17(2)9-13-14(10-18(17,3)4)16(20)12-8-6-5-7-11(12)15(13)19/h5-10H,1-4H3. The monoisotopic (exact) mass is 266 g/mol. The minimum atomic E-state index is -0.159. The molecule has 0 saturated carbocycles. The summed E-state index contributed by atoms with van der Waals surface area (Å²) in [6.45, 7) is 8.41. The molecule has 2 aliphatic carbocycles. The van der Waals surface area contributed by atoms with Crippen molar-refractivity contribution in [3.8, 4) is 0 Å². The van der Waals surface area contributed by atoms with Gasteiger partial charge >= 0.3 is 0 Å². The summed E-state index contributed by atoms with van der Waals surface area (Å²) in [7, 11) is 0. The van der Waals surface area contributed by atoms with Gasteiger partial charge in [-0.15, -0.1) is 0 Å². The SMILES string of the molecule is CC1(C)C=C2C(=O)c3ccccc3C(=O)C2=CC1(C)C. The van der Waals surface area contributed by atoms with E-state index >= 15 is 0 Å². The van der Waals surface area contributed by atoms with E-state index in [2.05, 4.69) is 27.7 Å². The molecular weight excluding hydrogens is 248 g/mol. The molecule has 0 saturated heterocycles. The van der Waals surface area contributed by atoms with E-state index in [-0.39, 0.29) is 22.4 Å². The van der Waals surface area contributed by atoms with Crippen LogP contribution >= 0.6 is 0 Å². The Balaban J connectivity index is 2.29. The lowest BCUT2D eigenvalue weighted by atomic mass is 9.61. The zero-order valence-electron chi connectivity index (χ0n) is 12.3. The van der Waals surface area contributed by atoms with Gasteiger partial charge in [0.15, 0.2) is 11.6 Å². The van der Waals surface area contributed by atoms with Gasteiger partial charge in [0.2, 0.25) is 0 Å². The van der Waals surface area contributed by atoms with Crippen LogP contribution in [0.1, 0.15) is 48.4 Å². The second-order valence-corrected chi connectivity index (χ2v) is 6.76. The first kappa shape index (κ1) is 13.0. The van der Waals surface area contributed by atoms with Gasteiger partial charge in [-0.05, 0) is 10.8 Å². The third-order valence-corrected chi connectivity index (χ3v) is 4.87. The molecule has 3 rings (SSSR count). The van der Waals surface area contributed by atoms with Crippen molar-refractivity contribution >= 4 is 11.6 Å². The Kier molecular flexibility index (Phi) is 2.47. The number of hydrogen-bond acceptors (Lipinski definition) is 2. The van der Waals surface area contributed by atoms with Crippen molar-refractivity contribution < 1.29 is 9.59 Å². The molecule has 2 aliphatic rings. The highest BCUT2D eigenvalue weighted by molar-refractivity contribution is 6.31. The van der Waals surface area contributed by atoms with Crippen LogP contribution in [0.2, 0.25) is 0 Å². The molecule has 0 unspecified atom stereocenters. The summed E-state index contributed by atoms with van der Waals surface area (Å²) in [6.07, 6.45) is 3.94. The fraction of sp³-hybridized carbons (Fsp3) is 0.333. The molecule has 2 nitrogen and oxygen atoms in total. The zero-order chi connectivity index (χ0) is 14.7. The summed E-state index contributed by atoms with van der Waals surface area (Å²) in [5.41, 5.74) is 1.87. The molecular formula is C18H18O2. The van der Waals surface area contributed by atoms with Crippen LogP contribution in [0.15, 0.2) is 47.6 Å². The fourth-order valence-corrected chi connectivity index (χ4v) is 2.79. The summed E-state index contributed by atoms with van der Waals surface area (Å²) in [5.74, 6) is -0.0648. The highest BCUT2D eigenvalue weighted by atomic mass is 16.1. The van der Waals surface area contributed by atoms with Crippen molar-refractivity contribution in [2.75, 3.05) is 0 Å². The lowest BCUT2D eigenvalue weighted by Gasteiger charge is -2.42. The molecule has 1 aromatic rings. The second-order valence-electron chi connectivity index (χ2n) is 6.76. The number of hydrogen-bond donors (Lipinski definition) is 0. The predicted molar refractivity (Wildman–Crippen MR) is 78.8 cm³/mol. The zero-order valence-corrected chi connectivity index (χ0v) is 12.3. The Bertz CT molecular complexity index is 639. The van der Waals surface area contributed by atoms with E-state index in [9.17, 15) is 9.59 Å². The van der Waals surface area contributed by atoms with E-state index in [1.54, 1.807) is 24.3 Å². The highest BCUT2D eigenvalue weighted by Gasteiger charge is 2.43. The maximum Gasteiger partial charge on any atom is 0.194 e. The van der Waals surface area contributed by atoms with E-state index in [0.717, 1.165) is 0 Å². The molecule has 0 radical (unpaired) electrons. The Hall–Kier alpha value is -1.96. The molecule has 0 bridgehead atoms. The van der Waals surface area contributed by atoms with Gasteiger partial charge in [0, 0.05) is 22.3 Å². The normalized spacial score (nSPS) is 22.6. The summed E-state index contributed by atoms with van der Waals surface area (Å²) < 4.78 is 0. The van der Waals surface area contributed by atoms with E-state index in [4.69, 9.17) is 0 Å². The van der Waals surface area contributed by atoms with Gasteiger partial charge in [0.05, 0.1) is 0 Å². The van der Waals surface area contributed by atoms with Crippen LogP contribution in [0.5, 0.6) is 0 Å². The maximum atomic E-state index is 12.6. The fourth-order valence-electron chi connectivity index (χ4n) is 2.79. The number of carbonyl (C=O) groups excluding carboxylic acids is 2. The maximum absolute atomic E-state index is 12.6. The average Bonchev–Trinajstić information content (AvgIpc) is 2.38. The number of ketones is 2. The van der Waals surface area contributed by atoms with Gasteiger partial charge < -0.3 is 0 Å². The first-order valence-electron chi connectivity index (χ1n) is 6.89. The lowest BCUT2D eigenvalue weighted by Crippen LogP contribution is -2.36. The van der Waals surface area contributed by atoms with Crippen molar-refractivity contribution in [1.29, 1.82) is 0 Å². The third-order valence-electron chi connectivity index (χ3n) is 4.87. The van der Waals surface area contributed by atoms with Crippen LogP contribution in [-0.4, -0.2) is 11.6 Å². The number of fused-ring (bicyclic) bond motifs is 2. The van der Waals surface area contributed by atoms with Gasteiger partial charge in [-0.3, -0.25) is 9.59 Å². The van der Waals surface area contributed by atoms with E-state index < -0.39 is 0 Å². The Morgan fingerprint density at radius 3 is 1.40 bits per heavy atom. The first-order valence-corrected chi connectivity index (χ1v) is 6.89. The highest BCUT2D eigenvalue weighted by Crippen LogP contribution is 2.48. The number of benzene rings is 1. The summed E-state index contributed by atoms with van der Waals surface area (Å²) in [6, 6.07) is 7.08. The number of rotatable bonds is 0. The topological polar surface area (TPSA) is 34.1 Å². The van der Waals surface area contributed by atoms with Crippen molar-refractivity contribution in [1.82, 2.24) is 0 Å². The van der Waals surface area contributed by atoms with Gasteiger partial charge in [0.1, 0.15) is 0 Å². The minimum Gasteiger partial charge on any atom is -0.289 e. The molecule has 2 heteroatoms. The molecule has 0 atom stereocenters. The van der Waals surface area contributed by atoms with Crippen LogP contribution in [-0.2, 0) is 0 Å². The van der Waals surface area contributed by atoms with Gasteiger partial charge in [-0.25, -0.2) is 0 Å². The molecule has 0 amide bonds. The van der Waals surface area contributed by atoms with E-state index in [1.165, 1.54) is 0 Å². The van der Waals surface area contributed by atoms with E-state index in [1.807, 2.05) is 12.2 Å². The summed E-state index contributed by atoms with van der Waals surface area (Å²) in [4.78, 5) is 25.3. The van der Waals surface area contributed by atoms with Crippen molar-refractivity contribution in [2.24, 2.45) is 10.8 Å². The molecule has 0 fully saturated rings. The lowest BCUT2D eigenvalue weighted by molar-refractivity contribution is 0.0961. The van der Waals surface area contributed by atoms with Crippen LogP contribution in [0.4, 0.5) is 0 Å². The number of allylic oxidation sites excluding steroid dienone is 4. The minimum absolute atomic E-state index is 0.0324. The van der Waals surface area contributed by atoms with Gasteiger partial charge in [-0.1, -0.05) is 64.1 Å². The van der Waals surface area contributed by atoms with E-state index in [0.29, 0.717) is 22.3 Å². The number of Topliss-reactive ketones (excluding diaryl/α,β-unsaturated/α-hetero) is 2. The van der Waals surface area contributed by atoms with Crippen molar-refractivity contribution in [3.63, 3.8) is 0 Å². The van der Waals surface area contributed by atoms with Crippen molar-refractivity contribution in [2.45, 2.75) is 27.7 Å². The molecule has 0 N–H and O–H groups in total. The van der Waals surface area contributed by atoms with Gasteiger partial charge in [-0.2, -0.15) is 0 Å². The smallest absolute Gasteiger partial charge is 0.194 e. The Morgan fingerprint density at radius 2 is 1.05 bits per heavy atom. The molecule has 0 aromatic heterocycles. The van der Waals surface area contributed by atoms with Gasteiger partial charge in [0.25, 0.3) is 0 Å². The Labute approximate surface area is 119 Å². The third kappa shape index (κ3) is 1.57.